The molecule has 1 amide bonds. The molecule has 0 aliphatic rings. The number of methoxy groups -OCH3 is 1. The van der Waals surface area contributed by atoms with Crippen LogP contribution < -0.4 is 10.9 Å². The molecule has 1 N–H and O–H groups in total. The zero-order chi connectivity index (χ0) is 18.4. The number of thioether (sulfide) groups is 1. The Labute approximate surface area is 155 Å². The second-order valence-corrected chi connectivity index (χ2v) is 7.69. The third kappa shape index (κ3) is 4.71. The summed E-state index contributed by atoms with van der Waals surface area (Å²) in [5.74, 6) is 0.130. The molecule has 0 bridgehead atoms. The van der Waals surface area contributed by atoms with Crippen molar-refractivity contribution in [1.82, 2.24) is 14.9 Å². The van der Waals surface area contributed by atoms with Gasteiger partial charge in [0, 0.05) is 31.7 Å². The van der Waals surface area contributed by atoms with Crippen molar-refractivity contribution >= 4 is 39.2 Å². The smallest absolute Gasteiger partial charge is 0.263 e. The van der Waals surface area contributed by atoms with Crippen LogP contribution in [-0.4, -0.2) is 41.5 Å². The number of hydrogen-bond acceptors (Lipinski definition) is 6. The van der Waals surface area contributed by atoms with Gasteiger partial charge in [0.25, 0.3) is 5.56 Å². The first kappa shape index (κ1) is 19.7. The number of nitrogens with one attached hydrogen (secondary N) is 1. The molecule has 0 fully saturated rings. The fourth-order valence-electron chi connectivity index (χ4n) is 2.33. The number of amides is 1. The maximum atomic E-state index is 12.8. The standard InChI is InChI=1S/C17H23N3O3S2/c1-5-8-20-16(22)14-11(2)12(3)25-15(14)19-17(20)24-10-13(21)18-7-6-9-23-4/h5H,1,6-10H2,2-4H3,(H,18,21). The van der Waals surface area contributed by atoms with Gasteiger partial charge in [0.05, 0.1) is 11.1 Å². The second kappa shape index (κ2) is 9.17. The van der Waals surface area contributed by atoms with E-state index in [4.69, 9.17) is 4.74 Å². The fraction of sp³-hybridized carbons (Fsp3) is 0.471. The summed E-state index contributed by atoms with van der Waals surface area (Å²) in [6, 6.07) is 0. The minimum Gasteiger partial charge on any atom is -0.385 e. The number of rotatable bonds is 9. The highest BCUT2D eigenvalue weighted by atomic mass is 32.2. The minimum atomic E-state index is -0.0841. The molecular formula is C17H23N3O3S2. The summed E-state index contributed by atoms with van der Waals surface area (Å²) in [4.78, 5) is 31.2. The highest BCUT2D eigenvalue weighted by molar-refractivity contribution is 7.99. The summed E-state index contributed by atoms with van der Waals surface area (Å²) in [7, 11) is 1.63. The van der Waals surface area contributed by atoms with E-state index < -0.39 is 0 Å². The van der Waals surface area contributed by atoms with Crippen molar-refractivity contribution in [2.75, 3.05) is 26.0 Å². The Bertz CT molecular complexity index is 827. The number of carbonyl (C=O) groups is 1. The molecule has 2 rings (SSSR count). The van der Waals surface area contributed by atoms with Crippen molar-refractivity contribution < 1.29 is 9.53 Å². The molecule has 0 aliphatic carbocycles. The average Bonchev–Trinajstić information content (AvgIpc) is 2.87. The molecule has 0 saturated heterocycles. The van der Waals surface area contributed by atoms with Gasteiger partial charge in [-0.25, -0.2) is 4.98 Å². The molecule has 0 saturated carbocycles. The maximum absolute atomic E-state index is 12.8. The lowest BCUT2D eigenvalue weighted by Crippen LogP contribution is -2.28. The largest absolute Gasteiger partial charge is 0.385 e. The van der Waals surface area contributed by atoms with Gasteiger partial charge in [-0.2, -0.15) is 0 Å². The SMILES string of the molecule is C=CCn1c(SCC(=O)NCCCOC)nc2sc(C)c(C)c2c1=O. The summed E-state index contributed by atoms with van der Waals surface area (Å²) < 4.78 is 6.53. The fourth-order valence-corrected chi connectivity index (χ4v) is 4.24. The molecule has 2 aromatic heterocycles. The number of aryl methyl sites for hydroxylation is 2. The lowest BCUT2D eigenvalue weighted by Gasteiger charge is -2.10. The second-order valence-electron chi connectivity index (χ2n) is 5.55. The molecule has 8 heteroatoms. The van der Waals surface area contributed by atoms with Crippen LogP contribution in [-0.2, 0) is 16.1 Å². The number of hydrogen-bond donors (Lipinski definition) is 1. The number of nitrogens with zero attached hydrogens (tertiary/aromatic N) is 2. The molecular weight excluding hydrogens is 358 g/mol. The Morgan fingerprint density at radius 1 is 1.48 bits per heavy atom. The molecule has 0 aromatic carbocycles. The number of allylic oxidation sites excluding steroid dienone is 1. The van der Waals surface area contributed by atoms with E-state index in [1.807, 2.05) is 13.8 Å². The molecule has 2 heterocycles. The van der Waals surface area contributed by atoms with E-state index in [-0.39, 0.29) is 17.2 Å². The van der Waals surface area contributed by atoms with Crippen LogP contribution in [0.15, 0.2) is 22.6 Å². The summed E-state index contributed by atoms with van der Waals surface area (Å²) in [6.07, 6.45) is 2.43. The van der Waals surface area contributed by atoms with Crippen LogP contribution in [0.3, 0.4) is 0 Å². The Balaban J connectivity index is 2.19. The van der Waals surface area contributed by atoms with Crippen LogP contribution in [0.1, 0.15) is 16.9 Å². The van der Waals surface area contributed by atoms with Crippen molar-refractivity contribution in [2.45, 2.75) is 32.0 Å². The third-order valence-electron chi connectivity index (χ3n) is 3.75. The van der Waals surface area contributed by atoms with Gasteiger partial charge in [0.15, 0.2) is 5.16 Å². The Kier molecular flexibility index (Phi) is 7.22. The molecule has 2 aromatic rings. The van der Waals surface area contributed by atoms with Gasteiger partial charge in [-0.1, -0.05) is 17.8 Å². The van der Waals surface area contributed by atoms with Gasteiger partial charge < -0.3 is 10.1 Å². The first-order valence-corrected chi connectivity index (χ1v) is 9.79. The van der Waals surface area contributed by atoms with Gasteiger partial charge in [-0.15, -0.1) is 17.9 Å². The molecule has 0 radical (unpaired) electrons. The molecule has 136 valence electrons. The molecule has 25 heavy (non-hydrogen) atoms. The summed E-state index contributed by atoms with van der Waals surface area (Å²) in [5.41, 5.74) is 0.900. The van der Waals surface area contributed by atoms with Crippen LogP contribution in [0.4, 0.5) is 0 Å². The zero-order valence-electron chi connectivity index (χ0n) is 14.8. The van der Waals surface area contributed by atoms with Gasteiger partial charge in [-0.3, -0.25) is 14.2 Å². The van der Waals surface area contributed by atoms with E-state index in [2.05, 4.69) is 16.9 Å². The first-order valence-electron chi connectivity index (χ1n) is 7.99. The van der Waals surface area contributed by atoms with Gasteiger partial charge in [0.1, 0.15) is 4.83 Å². The lowest BCUT2D eigenvalue weighted by molar-refractivity contribution is -0.118. The average molecular weight is 382 g/mol. The van der Waals surface area contributed by atoms with Gasteiger partial charge in [-0.05, 0) is 25.8 Å². The van der Waals surface area contributed by atoms with Crippen molar-refractivity contribution in [2.24, 2.45) is 0 Å². The van der Waals surface area contributed by atoms with E-state index >= 15 is 0 Å². The normalized spacial score (nSPS) is 11.0. The van der Waals surface area contributed by atoms with Crippen LogP contribution in [0.2, 0.25) is 0 Å². The van der Waals surface area contributed by atoms with Crippen molar-refractivity contribution in [1.29, 1.82) is 0 Å². The zero-order valence-corrected chi connectivity index (χ0v) is 16.4. The minimum absolute atomic E-state index is 0.0743. The van der Waals surface area contributed by atoms with Crippen molar-refractivity contribution in [3.05, 3.63) is 33.4 Å². The Morgan fingerprint density at radius 3 is 2.92 bits per heavy atom. The van der Waals surface area contributed by atoms with Crippen LogP contribution in [0.5, 0.6) is 0 Å². The molecule has 0 aliphatic heterocycles. The topological polar surface area (TPSA) is 73.2 Å². The van der Waals surface area contributed by atoms with E-state index in [9.17, 15) is 9.59 Å². The Morgan fingerprint density at radius 2 is 2.24 bits per heavy atom. The van der Waals surface area contributed by atoms with Crippen LogP contribution >= 0.6 is 23.1 Å². The van der Waals surface area contributed by atoms with Crippen molar-refractivity contribution in [3.8, 4) is 0 Å². The molecule has 0 atom stereocenters. The Hall–Kier alpha value is -1.64. The summed E-state index contributed by atoms with van der Waals surface area (Å²) in [6.45, 7) is 9.19. The number of aromatic nitrogens is 2. The lowest BCUT2D eigenvalue weighted by atomic mass is 10.2. The third-order valence-corrected chi connectivity index (χ3v) is 5.82. The highest BCUT2D eigenvalue weighted by Gasteiger charge is 2.17. The highest BCUT2D eigenvalue weighted by Crippen LogP contribution is 2.28. The summed E-state index contributed by atoms with van der Waals surface area (Å²) in [5, 5.41) is 4.04. The summed E-state index contributed by atoms with van der Waals surface area (Å²) >= 11 is 2.78. The first-order chi connectivity index (χ1) is 12.0. The predicted octanol–water partition coefficient (Wildman–Crippen LogP) is 2.51. The molecule has 6 nitrogen and oxygen atoms in total. The van der Waals surface area contributed by atoms with Gasteiger partial charge >= 0.3 is 0 Å². The van der Waals surface area contributed by atoms with Crippen LogP contribution in [0.25, 0.3) is 10.2 Å². The number of thiophene rings is 1. The monoisotopic (exact) mass is 381 g/mol. The maximum Gasteiger partial charge on any atom is 0.263 e. The predicted molar refractivity (Wildman–Crippen MR) is 104 cm³/mol. The van der Waals surface area contributed by atoms with Crippen molar-refractivity contribution in [3.63, 3.8) is 0 Å². The van der Waals surface area contributed by atoms with E-state index in [0.717, 1.165) is 21.7 Å². The molecule has 0 unspecified atom stereocenters. The number of ether oxygens (including phenoxy) is 1. The van der Waals surface area contributed by atoms with E-state index in [0.29, 0.717) is 30.2 Å². The van der Waals surface area contributed by atoms with Crippen LogP contribution in [0, 0.1) is 13.8 Å². The van der Waals surface area contributed by atoms with Gasteiger partial charge in [0.2, 0.25) is 5.91 Å². The van der Waals surface area contributed by atoms with E-state index in [1.54, 1.807) is 17.8 Å². The number of fused-ring (bicyclic) bond motifs is 1. The quantitative estimate of drug-likeness (QED) is 0.313. The molecule has 0 spiro atoms. The van der Waals surface area contributed by atoms with E-state index in [1.165, 1.54) is 23.1 Å². The number of carbonyl (C=O) groups excluding carboxylic acids is 1.